The first-order valence-electron chi connectivity index (χ1n) is 10.3. The fraction of sp³-hybridized carbons (Fsp3) is 0.522. The number of aliphatic hydroxyl groups is 1. The third kappa shape index (κ3) is 2.72. The van der Waals surface area contributed by atoms with Crippen molar-refractivity contribution < 1.29 is 19.5 Å². The lowest BCUT2D eigenvalue weighted by atomic mass is 9.60. The molecule has 0 bridgehead atoms. The van der Waals surface area contributed by atoms with Crippen LogP contribution in [0.15, 0.2) is 53.9 Å². The highest BCUT2D eigenvalue weighted by molar-refractivity contribution is 5.98. The standard InChI is InChI=1S/C23H27NO4/c1-27-24-10-9-23-13-16(22(26)15-5-3-2-4-6-15)7-8-20(23)28-19-12-18(25)11-17(14-24)21(19)23/h2-6,9-10,16-18,20,25H,7-8,11-14H2,1H3/t16?,17-,18-,20+,23?/m1/s1. The van der Waals surface area contributed by atoms with E-state index < -0.39 is 0 Å². The van der Waals surface area contributed by atoms with Crippen LogP contribution in [0.5, 0.6) is 0 Å². The first-order chi connectivity index (χ1) is 13.6. The van der Waals surface area contributed by atoms with Gasteiger partial charge in [0.05, 0.1) is 30.9 Å². The molecule has 1 fully saturated rings. The third-order valence-electron chi connectivity index (χ3n) is 7.01. The van der Waals surface area contributed by atoms with Gasteiger partial charge in [0, 0.05) is 30.0 Å². The Hall–Kier alpha value is -2.11. The van der Waals surface area contributed by atoms with Gasteiger partial charge in [-0.2, -0.15) is 0 Å². The molecule has 5 rings (SSSR count). The smallest absolute Gasteiger partial charge is 0.165 e. The molecule has 1 aromatic carbocycles. The number of aliphatic hydroxyl groups excluding tert-OH is 1. The van der Waals surface area contributed by atoms with E-state index in [9.17, 15) is 9.90 Å². The lowest BCUT2D eigenvalue weighted by Gasteiger charge is -2.42. The Balaban J connectivity index is 1.53. The van der Waals surface area contributed by atoms with E-state index in [0.29, 0.717) is 13.0 Å². The molecule has 4 aliphatic rings. The monoisotopic (exact) mass is 381 g/mol. The first-order valence-corrected chi connectivity index (χ1v) is 10.3. The van der Waals surface area contributed by atoms with Crippen LogP contribution in [0.3, 0.4) is 0 Å². The molecule has 148 valence electrons. The van der Waals surface area contributed by atoms with E-state index in [1.807, 2.05) is 41.6 Å². The molecule has 28 heavy (non-hydrogen) atoms. The van der Waals surface area contributed by atoms with Gasteiger partial charge < -0.3 is 9.84 Å². The summed E-state index contributed by atoms with van der Waals surface area (Å²) in [6.45, 7) is 0.706. The summed E-state index contributed by atoms with van der Waals surface area (Å²) in [5.74, 6) is 1.37. The van der Waals surface area contributed by atoms with Gasteiger partial charge in [0.25, 0.3) is 0 Å². The van der Waals surface area contributed by atoms with Crippen molar-refractivity contribution in [3.63, 3.8) is 0 Å². The summed E-state index contributed by atoms with van der Waals surface area (Å²) < 4.78 is 6.40. The fourth-order valence-corrected chi connectivity index (χ4v) is 5.83. The minimum atomic E-state index is -0.375. The van der Waals surface area contributed by atoms with E-state index in [1.165, 1.54) is 5.57 Å². The molecule has 0 radical (unpaired) electrons. The molecule has 5 atom stereocenters. The Morgan fingerprint density at radius 2 is 2.11 bits per heavy atom. The molecule has 5 nitrogen and oxygen atoms in total. The SMILES string of the molecule is CON1C=CC23CC(C(=O)c4ccccc4)CC[C@@H]2OC2=C3[C@H](C[C@@H](O)C2)C1. The van der Waals surface area contributed by atoms with Gasteiger partial charge in [-0.1, -0.05) is 36.4 Å². The zero-order valence-corrected chi connectivity index (χ0v) is 16.2. The topological polar surface area (TPSA) is 59.0 Å². The van der Waals surface area contributed by atoms with E-state index in [-0.39, 0.29) is 35.2 Å². The summed E-state index contributed by atoms with van der Waals surface area (Å²) in [5.41, 5.74) is 1.84. The molecule has 2 aliphatic carbocycles. The van der Waals surface area contributed by atoms with Crippen molar-refractivity contribution in [2.45, 2.75) is 44.3 Å². The molecule has 2 heterocycles. The second-order valence-corrected chi connectivity index (χ2v) is 8.58. The molecule has 1 N–H and O–H groups in total. The van der Waals surface area contributed by atoms with E-state index in [1.54, 1.807) is 7.11 Å². The number of ketones is 1. The van der Waals surface area contributed by atoms with Crippen molar-refractivity contribution >= 4 is 5.78 Å². The van der Waals surface area contributed by atoms with Crippen molar-refractivity contribution in [3.05, 3.63) is 59.5 Å². The minimum Gasteiger partial charge on any atom is -0.493 e. The summed E-state index contributed by atoms with van der Waals surface area (Å²) in [5, 5.41) is 12.2. The molecule has 0 amide bonds. The summed E-state index contributed by atoms with van der Waals surface area (Å²) in [6.07, 6.45) is 7.67. The van der Waals surface area contributed by atoms with E-state index in [2.05, 4.69) is 6.08 Å². The Kier molecular flexibility index (Phi) is 4.33. The molecular formula is C23H27NO4. The van der Waals surface area contributed by atoms with Gasteiger partial charge >= 0.3 is 0 Å². The summed E-state index contributed by atoms with van der Waals surface area (Å²) >= 11 is 0. The van der Waals surface area contributed by atoms with E-state index in [4.69, 9.17) is 9.57 Å². The number of nitrogens with zero attached hydrogens (tertiary/aromatic N) is 1. The third-order valence-corrected chi connectivity index (χ3v) is 7.01. The van der Waals surface area contributed by atoms with Crippen molar-refractivity contribution in [1.82, 2.24) is 5.06 Å². The van der Waals surface area contributed by atoms with Gasteiger partial charge in [-0.3, -0.25) is 14.7 Å². The van der Waals surface area contributed by atoms with Crippen LogP contribution in [0, 0.1) is 17.3 Å². The Morgan fingerprint density at radius 3 is 2.89 bits per heavy atom. The summed E-state index contributed by atoms with van der Waals surface area (Å²) in [7, 11) is 1.67. The number of carbonyl (C=O) groups excluding carboxylic acids is 1. The van der Waals surface area contributed by atoms with Gasteiger partial charge in [0.1, 0.15) is 6.10 Å². The second-order valence-electron chi connectivity index (χ2n) is 8.58. The highest BCUT2D eigenvalue weighted by Gasteiger charge is 2.57. The Bertz CT molecular complexity index is 832. The number of rotatable bonds is 3. The second kappa shape index (κ2) is 6.75. The van der Waals surface area contributed by atoms with Crippen LogP contribution in [-0.2, 0) is 9.57 Å². The number of benzene rings is 1. The van der Waals surface area contributed by atoms with Crippen LogP contribution < -0.4 is 0 Å². The Morgan fingerprint density at radius 1 is 1.29 bits per heavy atom. The molecule has 2 unspecified atom stereocenters. The van der Waals surface area contributed by atoms with Crippen molar-refractivity contribution in [2.24, 2.45) is 17.3 Å². The van der Waals surface area contributed by atoms with E-state index >= 15 is 0 Å². The number of hydroxylamine groups is 2. The predicted molar refractivity (Wildman–Crippen MR) is 104 cm³/mol. The van der Waals surface area contributed by atoms with Crippen LogP contribution in [-0.4, -0.2) is 41.8 Å². The van der Waals surface area contributed by atoms with Crippen molar-refractivity contribution in [1.29, 1.82) is 0 Å². The number of hydrogen-bond donors (Lipinski definition) is 1. The quantitative estimate of drug-likeness (QED) is 0.813. The number of Topliss-reactive ketones (excluding diaryl/α,β-unsaturated/α-hetero) is 1. The lowest BCUT2D eigenvalue weighted by molar-refractivity contribution is -0.0967. The van der Waals surface area contributed by atoms with Crippen molar-refractivity contribution in [3.8, 4) is 0 Å². The molecule has 5 heteroatoms. The molecule has 2 aliphatic heterocycles. The maximum atomic E-state index is 13.2. The highest BCUT2D eigenvalue weighted by atomic mass is 16.7. The number of ether oxygens (including phenoxy) is 1. The van der Waals surface area contributed by atoms with Crippen LogP contribution in [0.2, 0.25) is 0 Å². The highest BCUT2D eigenvalue weighted by Crippen LogP contribution is 2.59. The van der Waals surface area contributed by atoms with E-state index in [0.717, 1.165) is 37.0 Å². The average molecular weight is 381 g/mol. The predicted octanol–water partition coefficient (Wildman–Crippen LogP) is 3.47. The van der Waals surface area contributed by atoms with Gasteiger partial charge in [-0.25, -0.2) is 0 Å². The zero-order chi connectivity index (χ0) is 19.3. The first kappa shape index (κ1) is 18.0. The molecule has 1 saturated carbocycles. The minimum absolute atomic E-state index is 0.0136. The largest absolute Gasteiger partial charge is 0.493 e. The maximum Gasteiger partial charge on any atom is 0.165 e. The zero-order valence-electron chi connectivity index (χ0n) is 16.2. The van der Waals surface area contributed by atoms with Gasteiger partial charge in [0.15, 0.2) is 5.78 Å². The van der Waals surface area contributed by atoms with Crippen LogP contribution in [0.4, 0.5) is 0 Å². The van der Waals surface area contributed by atoms with Gasteiger partial charge in [-0.15, -0.1) is 0 Å². The average Bonchev–Trinajstić information content (AvgIpc) is 2.95. The molecule has 1 aromatic rings. The molecular weight excluding hydrogens is 354 g/mol. The normalized spacial score (nSPS) is 36.4. The maximum absolute atomic E-state index is 13.2. The van der Waals surface area contributed by atoms with Gasteiger partial charge in [-0.05, 0) is 31.3 Å². The van der Waals surface area contributed by atoms with Crippen molar-refractivity contribution in [2.75, 3.05) is 13.7 Å². The van der Waals surface area contributed by atoms with Gasteiger partial charge in [0.2, 0.25) is 0 Å². The molecule has 0 saturated heterocycles. The summed E-state index contributed by atoms with van der Waals surface area (Å²) in [6, 6.07) is 9.63. The molecule has 1 spiro atoms. The molecule has 0 aromatic heterocycles. The lowest BCUT2D eigenvalue weighted by Crippen LogP contribution is -2.42. The fourth-order valence-electron chi connectivity index (χ4n) is 5.83. The van der Waals surface area contributed by atoms with Crippen LogP contribution in [0.25, 0.3) is 0 Å². The van der Waals surface area contributed by atoms with Crippen LogP contribution >= 0.6 is 0 Å². The van der Waals surface area contributed by atoms with Crippen LogP contribution in [0.1, 0.15) is 42.5 Å². The number of carbonyl (C=O) groups is 1. The number of hydrogen-bond acceptors (Lipinski definition) is 5. The Labute approximate surface area is 165 Å². The summed E-state index contributed by atoms with van der Waals surface area (Å²) in [4.78, 5) is 18.7.